The zero-order chi connectivity index (χ0) is 23.3. The predicted octanol–water partition coefficient (Wildman–Crippen LogP) is 4.22. The van der Waals surface area contributed by atoms with Gasteiger partial charge in [0.15, 0.2) is 0 Å². The predicted molar refractivity (Wildman–Crippen MR) is 124 cm³/mol. The topological polar surface area (TPSA) is 66.9 Å². The molecule has 1 atom stereocenters. The van der Waals surface area contributed by atoms with E-state index in [0.29, 0.717) is 37.4 Å². The Morgan fingerprint density at radius 2 is 1.72 bits per heavy atom. The molecule has 2 aromatic rings. The van der Waals surface area contributed by atoms with Crippen molar-refractivity contribution in [1.29, 1.82) is 0 Å². The first-order valence-electron chi connectivity index (χ1n) is 11.1. The number of rotatable bonds is 8. The molecule has 0 N–H and O–H groups in total. The number of carbonyl (C=O) groups is 3. The molecule has 1 saturated heterocycles. The molecule has 0 aliphatic carbocycles. The van der Waals surface area contributed by atoms with Crippen molar-refractivity contribution in [2.45, 2.75) is 53.0 Å². The largest absolute Gasteiger partial charge is 0.494 e. The molecule has 32 heavy (non-hydrogen) atoms. The summed E-state index contributed by atoms with van der Waals surface area (Å²) in [6.07, 6.45) is 0.928. The van der Waals surface area contributed by atoms with Gasteiger partial charge in [-0.25, -0.2) is 4.90 Å². The Bertz CT molecular complexity index is 948. The number of nitrogens with zero attached hydrogens (tertiary/aromatic N) is 2. The second-order valence-corrected chi connectivity index (χ2v) is 9.27. The molecule has 1 aliphatic rings. The van der Waals surface area contributed by atoms with Crippen LogP contribution in [0.5, 0.6) is 5.75 Å². The van der Waals surface area contributed by atoms with Gasteiger partial charge in [-0.2, -0.15) is 0 Å². The van der Waals surface area contributed by atoms with Crippen LogP contribution in [0.25, 0.3) is 0 Å². The Morgan fingerprint density at radius 3 is 2.31 bits per heavy atom. The molecule has 3 rings (SSSR count). The van der Waals surface area contributed by atoms with E-state index in [1.54, 1.807) is 29.2 Å². The second-order valence-electron chi connectivity index (χ2n) is 9.27. The fourth-order valence-corrected chi connectivity index (χ4v) is 3.89. The van der Waals surface area contributed by atoms with Crippen molar-refractivity contribution in [3.63, 3.8) is 0 Å². The number of imide groups is 1. The van der Waals surface area contributed by atoms with Crippen LogP contribution in [0, 0.1) is 5.41 Å². The Labute approximate surface area is 190 Å². The van der Waals surface area contributed by atoms with Gasteiger partial charge in [-0.3, -0.25) is 14.4 Å². The monoisotopic (exact) mass is 436 g/mol. The third-order valence-electron chi connectivity index (χ3n) is 5.39. The summed E-state index contributed by atoms with van der Waals surface area (Å²) < 4.78 is 5.45. The average molecular weight is 437 g/mol. The molecule has 1 fully saturated rings. The molecule has 0 radical (unpaired) electrons. The second kappa shape index (κ2) is 9.98. The van der Waals surface area contributed by atoms with Crippen LogP contribution in [0.1, 0.15) is 46.1 Å². The van der Waals surface area contributed by atoms with E-state index < -0.39 is 6.04 Å². The maximum absolute atomic E-state index is 13.3. The number of hydrogen-bond acceptors (Lipinski definition) is 4. The van der Waals surface area contributed by atoms with E-state index in [1.165, 1.54) is 4.90 Å². The van der Waals surface area contributed by atoms with Gasteiger partial charge in [0, 0.05) is 13.0 Å². The highest BCUT2D eigenvalue weighted by Gasteiger charge is 2.44. The number of benzene rings is 2. The average Bonchev–Trinajstić information content (AvgIpc) is 3.02. The quantitative estimate of drug-likeness (QED) is 0.581. The summed E-state index contributed by atoms with van der Waals surface area (Å²) in [6.45, 7) is 8.80. The van der Waals surface area contributed by atoms with E-state index >= 15 is 0 Å². The van der Waals surface area contributed by atoms with E-state index in [9.17, 15) is 14.4 Å². The normalized spacial score (nSPS) is 16.4. The van der Waals surface area contributed by atoms with Crippen LogP contribution in [-0.2, 0) is 20.8 Å². The van der Waals surface area contributed by atoms with E-state index in [4.69, 9.17) is 4.74 Å². The fraction of sp³-hybridized carbons (Fsp3) is 0.423. The Kier molecular flexibility index (Phi) is 7.33. The molecule has 0 bridgehead atoms. The molecule has 170 valence electrons. The summed E-state index contributed by atoms with van der Waals surface area (Å²) >= 11 is 0. The van der Waals surface area contributed by atoms with E-state index in [1.807, 2.05) is 58.0 Å². The number of carbonyl (C=O) groups excluding carboxylic acids is 3. The lowest BCUT2D eigenvalue weighted by Gasteiger charge is -2.30. The highest BCUT2D eigenvalue weighted by Crippen LogP contribution is 2.29. The minimum atomic E-state index is -0.785. The van der Waals surface area contributed by atoms with E-state index in [2.05, 4.69) is 0 Å². The van der Waals surface area contributed by atoms with Crippen molar-refractivity contribution in [2.24, 2.45) is 5.41 Å². The zero-order valence-electron chi connectivity index (χ0n) is 19.3. The minimum Gasteiger partial charge on any atom is -0.494 e. The van der Waals surface area contributed by atoms with Crippen LogP contribution in [0.3, 0.4) is 0 Å². The molecule has 1 unspecified atom stereocenters. The van der Waals surface area contributed by atoms with Gasteiger partial charge in [-0.05, 0) is 48.6 Å². The highest BCUT2D eigenvalue weighted by molar-refractivity contribution is 6.23. The van der Waals surface area contributed by atoms with Crippen molar-refractivity contribution in [2.75, 3.05) is 18.1 Å². The summed E-state index contributed by atoms with van der Waals surface area (Å²) in [4.78, 5) is 42.2. The minimum absolute atomic E-state index is 0.00326. The van der Waals surface area contributed by atoms with Crippen molar-refractivity contribution in [1.82, 2.24) is 4.90 Å². The first kappa shape index (κ1) is 23.5. The maximum atomic E-state index is 13.3. The van der Waals surface area contributed by atoms with E-state index in [-0.39, 0.29) is 29.6 Å². The van der Waals surface area contributed by atoms with Gasteiger partial charge >= 0.3 is 0 Å². The number of anilines is 1. The van der Waals surface area contributed by atoms with Gasteiger partial charge in [-0.15, -0.1) is 0 Å². The molecule has 1 aliphatic heterocycles. The third kappa shape index (κ3) is 5.75. The summed E-state index contributed by atoms with van der Waals surface area (Å²) in [7, 11) is 0. The summed E-state index contributed by atoms with van der Waals surface area (Å²) in [5, 5.41) is 0. The Morgan fingerprint density at radius 1 is 1.06 bits per heavy atom. The molecule has 6 heteroatoms. The fourth-order valence-electron chi connectivity index (χ4n) is 3.89. The number of hydrogen-bond donors (Lipinski definition) is 0. The van der Waals surface area contributed by atoms with Crippen LogP contribution in [0.2, 0.25) is 0 Å². The van der Waals surface area contributed by atoms with Crippen LogP contribution >= 0.6 is 0 Å². The molecule has 0 spiro atoms. The smallest absolute Gasteiger partial charge is 0.257 e. The molecular formula is C26H32N2O4. The summed E-state index contributed by atoms with van der Waals surface area (Å²) in [5.41, 5.74) is 1.36. The van der Waals surface area contributed by atoms with Gasteiger partial charge in [0.1, 0.15) is 11.8 Å². The van der Waals surface area contributed by atoms with Gasteiger partial charge in [-0.1, -0.05) is 51.1 Å². The van der Waals surface area contributed by atoms with Gasteiger partial charge in [0.2, 0.25) is 11.8 Å². The van der Waals surface area contributed by atoms with Crippen molar-refractivity contribution in [3.05, 3.63) is 60.2 Å². The lowest BCUT2D eigenvalue weighted by molar-refractivity contribution is -0.139. The molecular weight excluding hydrogens is 404 g/mol. The van der Waals surface area contributed by atoms with Gasteiger partial charge in [0.25, 0.3) is 5.91 Å². The number of amides is 3. The maximum Gasteiger partial charge on any atom is 0.257 e. The summed E-state index contributed by atoms with van der Waals surface area (Å²) in [5.74, 6) is -0.0724. The molecule has 3 amide bonds. The first-order chi connectivity index (χ1) is 15.2. The Hall–Kier alpha value is -3.15. The van der Waals surface area contributed by atoms with Crippen LogP contribution in [0.15, 0.2) is 54.6 Å². The van der Waals surface area contributed by atoms with Crippen molar-refractivity contribution in [3.8, 4) is 5.75 Å². The SMILES string of the molecule is CCOc1ccc(N2C(=O)CC(N(CCc3ccccc3)C(=O)CC(C)(C)C)C2=O)cc1. The van der Waals surface area contributed by atoms with Gasteiger partial charge < -0.3 is 9.64 Å². The first-order valence-corrected chi connectivity index (χ1v) is 11.1. The molecule has 1 heterocycles. The standard InChI is InChI=1S/C26H32N2O4/c1-5-32-21-13-11-20(12-14-21)28-23(29)17-22(25(28)31)27(24(30)18-26(2,3)4)16-15-19-9-7-6-8-10-19/h6-14,22H,5,15-18H2,1-4H3. The Balaban J connectivity index is 1.82. The zero-order valence-corrected chi connectivity index (χ0v) is 19.3. The van der Waals surface area contributed by atoms with Crippen LogP contribution in [0.4, 0.5) is 5.69 Å². The van der Waals surface area contributed by atoms with Crippen molar-refractivity contribution >= 4 is 23.4 Å². The molecule has 2 aromatic carbocycles. The van der Waals surface area contributed by atoms with Gasteiger partial charge in [0.05, 0.1) is 18.7 Å². The molecule has 0 saturated carbocycles. The summed E-state index contributed by atoms with van der Waals surface area (Å²) in [6, 6.07) is 16.0. The molecule has 0 aromatic heterocycles. The van der Waals surface area contributed by atoms with Crippen LogP contribution < -0.4 is 9.64 Å². The number of ether oxygens (including phenoxy) is 1. The molecule has 6 nitrogen and oxygen atoms in total. The van der Waals surface area contributed by atoms with E-state index in [0.717, 1.165) is 5.56 Å². The third-order valence-corrected chi connectivity index (χ3v) is 5.39. The lowest BCUT2D eigenvalue weighted by Crippen LogP contribution is -2.47. The lowest BCUT2D eigenvalue weighted by atomic mass is 9.91. The van der Waals surface area contributed by atoms with Crippen LogP contribution in [-0.4, -0.2) is 41.8 Å². The highest BCUT2D eigenvalue weighted by atomic mass is 16.5. The van der Waals surface area contributed by atoms with Crippen molar-refractivity contribution < 1.29 is 19.1 Å².